The molecule has 4 fully saturated rings. The highest BCUT2D eigenvalue weighted by molar-refractivity contribution is 6.33. The normalized spacial score (nSPS) is 23.2. The molecule has 5 aliphatic heterocycles. The standard InChI is InChI=1S/C34H37ClF3N7O3/c35-28-17-22(16-27(31(28)39)34(36,37)38)15-24(32(47)43-13-11-42(12-14-43)25-5-8-40-9-6-25)18-30(46)45-10-7-26-19-33(45,48-26)44-20-23-3-1-2-4-29(23)41-21-44/h1-6,8-9,16-17,24,26,41H,7,10-15,18-21,39H2. The van der Waals surface area contributed by atoms with E-state index in [4.69, 9.17) is 22.1 Å². The van der Waals surface area contributed by atoms with Gasteiger partial charge in [-0.25, -0.2) is 4.90 Å². The second kappa shape index (κ2) is 12.8. The average molecular weight is 684 g/mol. The summed E-state index contributed by atoms with van der Waals surface area (Å²) in [6.07, 6.45) is -0.269. The second-order valence-electron chi connectivity index (χ2n) is 12.9. The molecule has 0 radical (unpaired) electrons. The lowest BCUT2D eigenvalue weighted by Crippen LogP contribution is -2.76. The molecule has 2 aromatic carbocycles. The number of para-hydroxylation sites is 1. The monoisotopic (exact) mass is 683 g/mol. The number of aromatic nitrogens is 1. The van der Waals surface area contributed by atoms with Gasteiger partial charge in [-0.3, -0.25) is 14.6 Å². The highest BCUT2D eigenvalue weighted by Crippen LogP contribution is 2.47. The predicted octanol–water partition coefficient (Wildman–Crippen LogP) is 4.79. The van der Waals surface area contributed by atoms with Crippen LogP contribution in [-0.2, 0) is 33.5 Å². The Balaban J connectivity index is 1.13. The van der Waals surface area contributed by atoms with Crippen LogP contribution in [0.25, 0.3) is 0 Å². The molecule has 3 atom stereocenters. The van der Waals surface area contributed by atoms with Gasteiger partial charge < -0.3 is 30.5 Å². The Kier molecular flexibility index (Phi) is 8.63. The molecular weight excluding hydrogens is 647 g/mol. The van der Waals surface area contributed by atoms with Crippen molar-refractivity contribution in [1.82, 2.24) is 19.7 Å². The molecule has 2 bridgehead atoms. The van der Waals surface area contributed by atoms with Crippen LogP contribution in [0.4, 0.5) is 30.2 Å². The van der Waals surface area contributed by atoms with Gasteiger partial charge in [-0.1, -0.05) is 29.8 Å². The molecule has 254 valence electrons. The van der Waals surface area contributed by atoms with E-state index in [1.165, 1.54) is 6.07 Å². The fraction of sp³-hybridized carbons (Fsp3) is 0.441. The van der Waals surface area contributed by atoms with Crippen LogP contribution in [-0.4, -0.2) is 82.8 Å². The number of anilines is 3. The molecule has 2 amide bonds. The number of amides is 2. The minimum absolute atomic E-state index is 0.0399. The van der Waals surface area contributed by atoms with Gasteiger partial charge in [-0.05, 0) is 54.3 Å². The number of carbonyl (C=O) groups excluding carboxylic acids is 2. The molecule has 6 heterocycles. The van der Waals surface area contributed by atoms with Crippen molar-refractivity contribution in [3.63, 3.8) is 0 Å². The number of halogens is 4. The highest BCUT2D eigenvalue weighted by atomic mass is 35.5. The Morgan fingerprint density at radius 3 is 2.54 bits per heavy atom. The van der Waals surface area contributed by atoms with Gasteiger partial charge in [0.05, 0.1) is 35.0 Å². The summed E-state index contributed by atoms with van der Waals surface area (Å²) in [4.78, 5) is 40.2. The zero-order valence-corrected chi connectivity index (χ0v) is 27.0. The van der Waals surface area contributed by atoms with Gasteiger partial charge in [0.25, 0.3) is 0 Å². The number of piperidine rings is 1. The van der Waals surface area contributed by atoms with E-state index in [0.717, 1.165) is 23.0 Å². The first-order valence-electron chi connectivity index (χ1n) is 16.2. The van der Waals surface area contributed by atoms with Crippen molar-refractivity contribution in [2.24, 2.45) is 5.92 Å². The fourth-order valence-corrected chi connectivity index (χ4v) is 7.67. The maximum atomic E-state index is 14.3. The van der Waals surface area contributed by atoms with Crippen LogP contribution in [0.5, 0.6) is 0 Å². The molecule has 14 heteroatoms. The minimum Gasteiger partial charge on any atom is -0.397 e. The van der Waals surface area contributed by atoms with Gasteiger partial charge in [0.2, 0.25) is 17.7 Å². The van der Waals surface area contributed by atoms with Crippen LogP contribution in [0.2, 0.25) is 5.02 Å². The number of benzene rings is 2. The van der Waals surface area contributed by atoms with E-state index in [1.54, 1.807) is 22.2 Å². The second-order valence-corrected chi connectivity index (χ2v) is 13.3. The molecule has 4 saturated heterocycles. The van der Waals surface area contributed by atoms with Crippen LogP contribution in [0.1, 0.15) is 36.0 Å². The van der Waals surface area contributed by atoms with E-state index in [0.29, 0.717) is 58.8 Å². The van der Waals surface area contributed by atoms with Crippen molar-refractivity contribution in [3.05, 3.63) is 82.6 Å². The topological polar surface area (TPSA) is 107 Å². The Bertz CT molecular complexity index is 1680. The minimum atomic E-state index is -4.73. The van der Waals surface area contributed by atoms with Gasteiger partial charge in [-0.2, -0.15) is 13.2 Å². The Hall–Kier alpha value is -4.07. The molecule has 10 nitrogen and oxygen atoms in total. The lowest BCUT2D eigenvalue weighted by atomic mass is 9.89. The summed E-state index contributed by atoms with van der Waals surface area (Å²) in [5.74, 6) is -2.46. The summed E-state index contributed by atoms with van der Waals surface area (Å²) in [6.45, 7) is 3.44. The van der Waals surface area contributed by atoms with E-state index in [9.17, 15) is 22.8 Å². The number of carbonyl (C=O) groups is 2. The molecule has 8 rings (SSSR count). The molecule has 0 aliphatic carbocycles. The van der Waals surface area contributed by atoms with E-state index < -0.39 is 29.2 Å². The van der Waals surface area contributed by atoms with Gasteiger partial charge >= 0.3 is 6.18 Å². The van der Waals surface area contributed by atoms with Gasteiger partial charge in [-0.15, -0.1) is 0 Å². The third-order valence-corrected chi connectivity index (χ3v) is 10.3. The SMILES string of the molecule is Nc1c(Cl)cc(CC(CC(=O)N2CCC3CC2(N2CNc4ccccc4C2)O3)C(=O)N2CCN(c3ccncc3)CC2)cc1C(F)(F)F. The third-order valence-electron chi connectivity index (χ3n) is 9.95. The smallest absolute Gasteiger partial charge is 0.397 e. The summed E-state index contributed by atoms with van der Waals surface area (Å²) < 4.78 is 48.0. The molecule has 3 N–H and O–H groups in total. The maximum absolute atomic E-state index is 14.3. The van der Waals surface area contributed by atoms with Gasteiger partial charge in [0, 0.05) is 75.9 Å². The van der Waals surface area contributed by atoms with E-state index in [1.807, 2.05) is 36.4 Å². The Labute approximate surface area is 281 Å². The molecule has 3 aromatic rings. The van der Waals surface area contributed by atoms with E-state index >= 15 is 0 Å². The molecule has 1 aromatic heterocycles. The zero-order valence-electron chi connectivity index (χ0n) is 26.3. The van der Waals surface area contributed by atoms with Gasteiger partial charge in [0.15, 0.2) is 0 Å². The van der Waals surface area contributed by atoms with E-state index in [-0.39, 0.29) is 41.3 Å². The van der Waals surface area contributed by atoms with Crippen LogP contribution in [0.15, 0.2) is 60.9 Å². The van der Waals surface area contributed by atoms with Crippen molar-refractivity contribution < 1.29 is 27.5 Å². The summed E-state index contributed by atoms with van der Waals surface area (Å²) in [5.41, 5.74) is 7.37. The molecule has 5 aliphatic rings. The predicted molar refractivity (Wildman–Crippen MR) is 175 cm³/mol. The first kappa shape index (κ1) is 32.5. The lowest BCUT2D eigenvalue weighted by Gasteiger charge is -2.63. The summed E-state index contributed by atoms with van der Waals surface area (Å²) in [6, 6.07) is 14.1. The largest absolute Gasteiger partial charge is 0.418 e. The quantitative estimate of drug-likeness (QED) is 0.343. The zero-order chi connectivity index (χ0) is 33.6. The number of hydrogen-bond acceptors (Lipinski definition) is 8. The molecular formula is C34H37ClF3N7O3. The number of hydrogen-bond donors (Lipinski definition) is 2. The number of fused-ring (bicyclic) bond motifs is 3. The van der Waals surface area contributed by atoms with Crippen LogP contribution in [0, 0.1) is 5.92 Å². The number of alkyl halides is 3. The number of pyridine rings is 1. The van der Waals surface area contributed by atoms with Crippen molar-refractivity contribution >= 4 is 40.5 Å². The molecule has 0 spiro atoms. The third kappa shape index (κ3) is 6.14. The number of ether oxygens (including phenoxy) is 1. The first-order chi connectivity index (χ1) is 23.0. The average Bonchev–Trinajstić information content (AvgIpc) is 3.08. The van der Waals surface area contributed by atoms with Crippen LogP contribution < -0.4 is 16.0 Å². The highest BCUT2D eigenvalue weighted by Gasteiger charge is 2.59. The number of nitrogens with one attached hydrogen (secondary N) is 1. The molecule has 48 heavy (non-hydrogen) atoms. The Morgan fingerprint density at radius 1 is 1.08 bits per heavy atom. The lowest BCUT2D eigenvalue weighted by molar-refractivity contribution is -0.369. The number of piperazine rings is 1. The van der Waals surface area contributed by atoms with Crippen LogP contribution >= 0.6 is 11.6 Å². The Morgan fingerprint density at radius 2 is 1.81 bits per heavy atom. The number of nitrogen functional groups attached to an aromatic ring is 1. The summed E-state index contributed by atoms with van der Waals surface area (Å²) in [7, 11) is 0. The summed E-state index contributed by atoms with van der Waals surface area (Å²) >= 11 is 6.17. The van der Waals surface area contributed by atoms with Crippen molar-refractivity contribution in [2.75, 3.05) is 55.3 Å². The van der Waals surface area contributed by atoms with Crippen molar-refractivity contribution in [3.8, 4) is 0 Å². The van der Waals surface area contributed by atoms with Gasteiger partial charge in [0.1, 0.15) is 0 Å². The summed E-state index contributed by atoms with van der Waals surface area (Å²) in [5, 5.41) is 3.18. The van der Waals surface area contributed by atoms with Crippen LogP contribution in [0.3, 0.4) is 0 Å². The number of nitrogens with two attached hydrogens (primary N) is 1. The molecule has 0 saturated carbocycles. The van der Waals surface area contributed by atoms with Crippen molar-refractivity contribution in [2.45, 2.75) is 50.4 Å². The van der Waals surface area contributed by atoms with Crippen molar-refractivity contribution in [1.29, 1.82) is 0 Å². The molecule has 3 unspecified atom stereocenters. The number of rotatable bonds is 7. The fourth-order valence-electron chi connectivity index (χ4n) is 7.43. The number of nitrogens with zero attached hydrogens (tertiary/aromatic N) is 5. The first-order valence-corrected chi connectivity index (χ1v) is 16.5. The maximum Gasteiger partial charge on any atom is 0.418 e. The van der Waals surface area contributed by atoms with E-state index in [2.05, 4.69) is 20.1 Å².